The molecule has 0 unspecified atom stereocenters. The molecule has 1 amide bonds. The fourth-order valence-corrected chi connectivity index (χ4v) is 2.42. The summed E-state index contributed by atoms with van der Waals surface area (Å²) in [5, 5.41) is 11.5. The predicted octanol–water partition coefficient (Wildman–Crippen LogP) is 3.42. The van der Waals surface area contributed by atoms with E-state index in [-0.39, 0.29) is 29.9 Å². The molecule has 1 aliphatic rings. The zero-order valence-corrected chi connectivity index (χ0v) is 14.0. The summed E-state index contributed by atoms with van der Waals surface area (Å²) in [5.41, 5.74) is 0.402. The number of amides is 1. The van der Waals surface area contributed by atoms with Crippen molar-refractivity contribution < 1.29 is 32.3 Å². The molecule has 0 bridgehead atoms. The van der Waals surface area contributed by atoms with Gasteiger partial charge < -0.3 is 10.4 Å². The monoisotopic (exact) mass is 384 g/mol. The molecule has 0 atom stereocenters. The predicted molar refractivity (Wildman–Crippen MR) is 88.2 cm³/mol. The van der Waals surface area contributed by atoms with Crippen LogP contribution in [0.15, 0.2) is 30.3 Å². The second kappa shape index (κ2) is 7.53. The van der Waals surface area contributed by atoms with E-state index in [1.165, 1.54) is 0 Å². The van der Waals surface area contributed by atoms with Crippen molar-refractivity contribution in [2.45, 2.75) is 12.8 Å². The Kier molecular flexibility index (Phi) is 5.33. The van der Waals surface area contributed by atoms with Crippen LogP contribution >= 0.6 is 0 Å². The Hall–Kier alpha value is -2.65. The molecule has 3 rings (SSSR count). The summed E-state index contributed by atoms with van der Waals surface area (Å²) in [6.07, 6.45) is 1.50. The third kappa shape index (κ3) is 4.20. The highest BCUT2D eigenvalue weighted by atomic mass is 19.2. The molecule has 27 heavy (non-hydrogen) atoms. The zero-order valence-electron chi connectivity index (χ0n) is 14.0. The second-order valence-corrected chi connectivity index (χ2v) is 6.41. The highest BCUT2D eigenvalue weighted by molar-refractivity contribution is 5.99. The van der Waals surface area contributed by atoms with Gasteiger partial charge in [0.15, 0.2) is 11.6 Å². The SMILES string of the molecule is O=C(NOCC1(CO)CC1)c1ccc(F)c(F)c1Nc1ccc(F)cc1F. The van der Waals surface area contributed by atoms with Gasteiger partial charge in [0, 0.05) is 11.5 Å². The van der Waals surface area contributed by atoms with E-state index < -0.39 is 34.9 Å². The number of hydrogen-bond donors (Lipinski definition) is 3. The molecule has 9 heteroatoms. The number of hydroxylamine groups is 1. The van der Waals surface area contributed by atoms with Crippen LogP contribution in [0.3, 0.4) is 0 Å². The van der Waals surface area contributed by atoms with Crippen molar-refractivity contribution in [2.24, 2.45) is 5.41 Å². The van der Waals surface area contributed by atoms with E-state index in [9.17, 15) is 27.5 Å². The Labute approximate surface area is 151 Å². The minimum Gasteiger partial charge on any atom is -0.396 e. The Bertz CT molecular complexity index is 872. The number of nitrogens with one attached hydrogen (secondary N) is 2. The van der Waals surface area contributed by atoms with Gasteiger partial charge in [0.1, 0.15) is 11.6 Å². The average molecular weight is 384 g/mol. The van der Waals surface area contributed by atoms with Crippen molar-refractivity contribution in [3.05, 3.63) is 59.2 Å². The minimum absolute atomic E-state index is 0.0638. The maximum Gasteiger partial charge on any atom is 0.277 e. The van der Waals surface area contributed by atoms with Crippen LogP contribution in [-0.4, -0.2) is 24.2 Å². The lowest BCUT2D eigenvalue weighted by molar-refractivity contribution is -0.0000405. The number of aliphatic hydroxyl groups is 1. The van der Waals surface area contributed by atoms with Crippen molar-refractivity contribution in [3.63, 3.8) is 0 Å². The van der Waals surface area contributed by atoms with E-state index >= 15 is 0 Å². The van der Waals surface area contributed by atoms with Gasteiger partial charge in [0.2, 0.25) is 0 Å². The molecule has 0 aromatic heterocycles. The summed E-state index contributed by atoms with van der Waals surface area (Å²) in [4.78, 5) is 17.3. The highest BCUT2D eigenvalue weighted by Crippen LogP contribution is 2.44. The van der Waals surface area contributed by atoms with E-state index in [4.69, 9.17) is 4.84 Å². The van der Waals surface area contributed by atoms with Gasteiger partial charge in [0.05, 0.1) is 30.2 Å². The number of rotatable bonds is 7. The number of halogens is 4. The molecule has 144 valence electrons. The fraction of sp³-hybridized carbons (Fsp3) is 0.278. The smallest absolute Gasteiger partial charge is 0.277 e. The molecule has 5 nitrogen and oxygen atoms in total. The Morgan fingerprint density at radius 3 is 2.48 bits per heavy atom. The van der Waals surface area contributed by atoms with Crippen LogP contribution in [0.2, 0.25) is 0 Å². The number of carbonyl (C=O) groups excluding carboxylic acids is 1. The third-order valence-electron chi connectivity index (χ3n) is 4.37. The number of benzene rings is 2. The van der Waals surface area contributed by atoms with Gasteiger partial charge in [-0.15, -0.1) is 0 Å². The van der Waals surface area contributed by atoms with Gasteiger partial charge in [-0.2, -0.15) is 0 Å². The van der Waals surface area contributed by atoms with Crippen LogP contribution in [0.25, 0.3) is 0 Å². The minimum atomic E-state index is -1.40. The first-order valence-corrected chi connectivity index (χ1v) is 8.08. The molecular weight excluding hydrogens is 368 g/mol. The standard InChI is InChI=1S/C18H16F4N2O3/c19-10-1-4-14(13(21)7-10)23-16-11(2-3-12(20)15(16)22)17(26)24-27-9-18(8-25)5-6-18/h1-4,7,23,25H,5-6,8-9H2,(H,24,26). The molecule has 0 saturated heterocycles. The second-order valence-electron chi connectivity index (χ2n) is 6.41. The van der Waals surface area contributed by atoms with E-state index in [0.29, 0.717) is 6.07 Å². The van der Waals surface area contributed by atoms with Gasteiger partial charge in [-0.3, -0.25) is 9.63 Å². The van der Waals surface area contributed by atoms with Crippen LogP contribution in [0, 0.1) is 28.7 Å². The number of anilines is 2. The number of aliphatic hydroxyl groups excluding tert-OH is 1. The largest absolute Gasteiger partial charge is 0.396 e. The molecule has 0 spiro atoms. The first kappa shape index (κ1) is 19.1. The molecule has 1 fully saturated rings. The summed E-state index contributed by atoms with van der Waals surface area (Å²) < 4.78 is 54.6. The lowest BCUT2D eigenvalue weighted by Crippen LogP contribution is -2.29. The molecule has 1 saturated carbocycles. The van der Waals surface area contributed by atoms with Gasteiger partial charge in [-0.25, -0.2) is 23.0 Å². The normalized spacial score (nSPS) is 14.7. The lowest BCUT2D eigenvalue weighted by atomic mass is 10.1. The van der Waals surface area contributed by atoms with Crippen molar-refractivity contribution in [1.29, 1.82) is 0 Å². The summed E-state index contributed by atoms with van der Waals surface area (Å²) >= 11 is 0. The van der Waals surface area contributed by atoms with E-state index in [0.717, 1.165) is 37.1 Å². The van der Waals surface area contributed by atoms with Crippen LogP contribution in [0.4, 0.5) is 28.9 Å². The van der Waals surface area contributed by atoms with Crippen LogP contribution in [-0.2, 0) is 4.84 Å². The maximum absolute atomic E-state index is 14.2. The van der Waals surface area contributed by atoms with Gasteiger partial charge in [-0.1, -0.05) is 0 Å². The van der Waals surface area contributed by atoms with E-state index in [2.05, 4.69) is 10.8 Å². The molecule has 3 N–H and O–H groups in total. The quantitative estimate of drug-likeness (QED) is 0.505. The summed E-state index contributed by atoms with van der Waals surface area (Å²) in [6, 6.07) is 4.22. The van der Waals surface area contributed by atoms with Crippen molar-refractivity contribution in [1.82, 2.24) is 5.48 Å². The number of carbonyl (C=O) groups is 1. The lowest BCUT2D eigenvalue weighted by Gasteiger charge is -2.15. The fourth-order valence-electron chi connectivity index (χ4n) is 2.42. The molecule has 0 aliphatic heterocycles. The van der Waals surface area contributed by atoms with Crippen LogP contribution < -0.4 is 10.8 Å². The summed E-state index contributed by atoms with van der Waals surface area (Å²) in [5.74, 6) is -5.44. The van der Waals surface area contributed by atoms with E-state index in [1.807, 2.05) is 0 Å². The molecule has 0 heterocycles. The molecule has 0 radical (unpaired) electrons. The van der Waals surface area contributed by atoms with Gasteiger partial charge in [-0.05, 0) is 37.1 Å². The Balaban J connectivity index is 1.80. The first-order valence-electron chi connectivity index (χ1n) is 8.08. The third-order valence-corrected chi connectivity index (χ3v) is 4.37. The summed E-state index contributed by atoms with van der Waals surface area (Å²) in [7, 11) is 0. The van der Waals surface area contributed by atoms with E-state index in [1.54, 1.807) is 0 Å². The first-order chi connectivity index (χ1) is 12.8. The van der Waals surface area contributed by atoms with Crippen LogP contribution in [0.1, 0.15) is 23.2 Å². The Morgan fingerprint density at radius 2 is 1.85 bits per heavy atom. The highest BCUT2D eigenvalue weighted by Gasteiger charge is 2.42. The molecule has 2 aromatic rings. The molecular formula is C18H16F4N2O3. The van der Waals surface area contributed by atoms with Crippen molar-refractivity contribution >= 4 is 17.3 Å². The van der Waals surface area contributed by atoms with Crippen LogP contribution in [0.5, 0.6) is 0 Å². The number of hydrogen-bond acceptors (Lipinski definition) is 4. The van der Waals surface area contributed by atoms with Crippen molar-refractivity contribution in [2.75, 3.05) is 18.5 Å². The molecule has 1 aliphatic carbocycles. The Morgan fingerprint density at radius 1 is 1.11 bits per heavy atom. The van der Waals surface area contributed by atoms with Gasteiger partial charge >= 0.3 is 0 Å². The maximum atomic E-state index is 14.2. The van der Waals surface area contributed by atoms with Gasteiger partial charge in [0.25, 0.3) is 5.91 Å². The summed E-state index contributed by atoms with van der Waals surface area (Å²) in [6.45, 7) is -0.0288. The van der Waals surface area contributed by atoms with Crippen molar-refractivity contribution in [3.8, 4) is 0 Å². The zero-order chi connectivity index (χ0) is 19.6. The molecule has 2 aromatic carbocycles. The average Bonchev–Trinajstić information content (AvgIpc) is 3.41. The topological polar surface area (TPSA) is 70.6 Å².